The molecule has 29 heavy (non-hydrogen) atoms. The fraction of sp³-hybridized carbons (Fsp3) is 0.579. The zero-order valence-electron chi connectivity index (χ0n) is 16.6. The van der Waals surface area contributed by atoms with E-state index in [1.54, 1.807) is 0 Å². The first-order valence-electron chi connectivity index (χ1n) is 9.38. The van der Waals surface area contributed by atoms with Gasteiger partial charge in [-0.1, -0.05) is 0 Å². The monoisotopic (exact) mass is 418 g/mol. The van der Waals surface area contributed by atoms with Crippen LogP contribution in [0.5, 0.6) is 0 Å². The third-order valence-corrected chi connectivity index (χ3v) is 4.95. The molecule has 2 rings (SSSR count). The van der Waals surface area contributed by atoms with Crippen molar-refractivity contribution in [3.8, 4) is 0 Å². The zero-order chi connectivity index (χ0) is 21.7. The first-order valence-corrected chi connectivity index (χ1v) is 9.38. The van der Waals surface area contributed by atoms with Crippen LogP contribution in [0.25, 0.3) is 5.70 Å². The van der Waals surface area contributed by atoms with E-state index in [0.29, 0.717) is 12.8 Å². The summed E-state index contributed by atoms with van der Waals surface area (Å²) in [6.45, 7) is 0.473. The number of aliphatic hydroxyl groups excluding tert-OH is 2. The number of aliphatic hydroxyl groups is 2. The number of rotatable bonds is 8. The molecule has 7 nitrogen and oxygen atoms in total. The highest BCUT2D eigenvalue weighted by molar-refractivity contribution is 5.62. The van der Waals surface area contributed by atoms with Crippen LogP contribution < -0.4 is 11.6 Å². The maximum absolute atomic E-state index is 13.4. The van der Waals surface area contributed by atoms with Gasteiger partial charge in [-0.3, -0.25) is 0 Å². The summed E-state index contributed by atoms with van der Waals surface area (Å²) in [5.74, 6) is 1.73. The van der Waals surface area contributed by atoms with Crippen molar-refractivity contribution < 1.29 is 28.1 Å². The van der Waals surface area contributed by atoms with E-state index < -0.39 is 35.7 Å². The predicted molar refractivity (Wildman–Crippen MR) is 102 cm³/mol. The van der Waals surface area contributed by atoms with E-state index in [4.69, 9.17) is 16.3 Å². The molecule has 4 unspecified atom stereocenters. The second-order valence-electron chi connectivity index (χ2n) is 7.50. The summed E-state index contributed by atoms with van der Waals surface area (Å²) >= 11 is 0. The zero-order valence-corrected chi connectivity index (χ0v) is 16.6. The van der Waals surface area contributed by atoms with E-state index >= 15 is 0 Å². The van der Waals surface area contributed by atoms with Gasteiger partial charge in [0.25, 0.3) is 0 Å². The fourth-order valence-corrected chi connectivity index (χ4v) is 3.36. The third kappa shape index (κ3) is 6.06. The lowest BCUT2D eigenvalue weighted by molar-refractivity contribution is -0.163. The normalized spacial score (nSPS) is 25.5. The van der Waals surface area contributed by atoms with Gasteiger partial charge in [0.2, 0.25) is 0 Å². The Labute approximate surface area is 168 Å². The van der Waals surface area contributed by atoms with Crippen molar-refractivity contribution in [2.45, 2.75) is 43.6 Å². The molecular formula is C19H29F3N4O3. The van der Waals surface area contributed by atoms with Gasteiger partial charge in [-0.15, -0.1) is 0 Å². The van der Waals surface area contributed by atoms with Gasteiger partial charge >= 0.3 is 0 Å². The summed E-state index contributed by atoms with van der Waals surface area (Å²) in [7, 11) is 3.92. The number of benzene rings is 1. The number of halogens is 3. The molecule has 10 heteroatoms. The van der Waals surface area contributed by atoms with Crippen LogP contribution in [-0.2, 0) is 4.74 Å². The van der Waals surface area contributed by atoms with Crippen LogP contribution in [0.3, 0.4) is 0 Å². The van der Waals surface area contributed by atoms with E-state index in [-0.39, 0.29) is 24.0 Å². The van der Waals surface area contributed by atoms with E-state index in [0.717, 1.165) is 30.1 Å². The predicted octanol–water partition coefficient (Wildman–Crippen LogP) is 0.758. The smallest absolute Gasteiger partial charge is 0.194 e. The molecule has 6 N–H and O–H groups in total. The van der Waals surface area contributed by atoms with Crippen LogP contribution in [0.1, 0.15) is 24.8 Å². The summed E-state index contributed by atoms with van der Waals surface area (Å²) in [5, 5.41) is 21.2. The number of ether oxygens (including phenoxy) is 1. The largest absolute Gasteiger partial charge is 0.397 e. The molecule has 1 heterocycles. The summed E-state index contributed by atoms with van der Waals surface area (Å²) in [5.41, 5.74) is 5.68. The number of hydrazine groups is 1. The minimum Gasteiger partial charge on any atom is -0.397 e. The van der Waals surface area contributed by atoms with Crippen molar-refractivity contribution in [1.29, 1.82) is 0 Å². The molecule has 0 radical (unpaired) electrons. The Bertz CT molecular complexity index is 697. The minimum absolute atomic E-state index is 0.0837. The Balaban J connectivity index is 2.15. The second kappa shape index (κ2) is 10.3. The Morgan fingerprint density at radius 3 is 2.45 bits per heavy atom. The quantitative estimate of drug-likeness (QED) is 0.280. The topological polar surface area (TPSA) is 108 Å². The first kappa shape index (κ1) is 23.4. The Hall–Kier alpha value is -1.85. The number of nitrogens with two attached hydrogens (primary N) is 2. The third-order valence-electron chi connectivity index (χ3n) is 4.95. The molecule has 0 saturated carbocycles. The molecule has 1 aromatic rings. The second-order valence-corrected chi connectivity index (χ2v) is 7.50. The Morgan fingerprint density at radius 2 is 1.90 bits per heavy atom. The summed E-state index contributed by atoms with van der Waals surface area (Å²) in [6.07, 6.45) is 1.00. The molecule has 0 aliphatic carbocycles. The van der Waals surface area contributed by atoms with Gasteiger partial charge in [-0.25, -0.2) is 19.0 Å². The molecular weight excluding hydrogens is 389 g/mol. The summed E-state index contributed by atoms with van der Waals surface area (Å²) in [6, 6.07) is 0.886. The van der Waals surface area contributed by atoms with Crippen molar-refractivity contribution in [3.63, 3.8) is 0 Å². The van der Waals surface area contributed by atoms with Gasteiger partial charge in [0, 0.05) is 11.8 Å². The SMILES string of the molecule is CN(C)CCCC1CC(N(N)/C=C(\N)c2cc(F)c(F)c(F)c2)C(O)C(CO)O1. The van der Waals surface area contributed by atoms with E-state index in [2.05, 4.69) is 0 Å². The maximum Gasteiger partial charge on any atom is 0.194 e. The molecule has 1 saturated heterocycles. The molecule has 0 aromatic heterocycles. The van der Waals surface area contributed by atoms with Gasteiger partial charge in [-0.2, -0.15) is 0 Å². The maximum atomic E-state index is 13.4. The standard InChI is InChI=1S/C19H29F3N4O3/c1-25(2)5-3-4-12-8-16(19(28)17(10-27)29-12)26(24)9-15(23)11-6-13(20)18(22)14(21)7-11/h6-7,9,12,16-17,19,27-28H,3-5,8,10,23-24H2,1-2H3/b15-9-. The lowest BCUT2D eigenvalue weighted by Gasteiger charge is -2.42. The van der Waals surface area contributed by atoms with E-state index in [9.17, 15) is 23.4 Å². The van der Waals surface area contributed by atoms with Crippen LogP contribution in [-0.4, -0.2) is 71.7 Å². The van der Waals surface area contributed by atoms with Crippen LogP contribution >= 0.6 is 0 Å². The van der Waals surface area contributed by atoms with Crippen LogP contribution in [0.4, 0.5) is 13.2 Å². The number of hydrogen-bond acceptors (Lipinski definition) is 7. The highest BCUT2D eigenvalue weighted by atomic mass is 19.2. The van der Waals surface area contributed by atoms with Crippen LogP contribution in [0, 0.1) is 17.5 Å². The molecule has 1 aliphatic rings. The molecule has 1 fully saturated rings. The lowest BCUT2D eigenvalue weighted by atomic mass is 9.93. The summed E-state index contributed by atoms with van der Waals surface area (Å²) in [4.78, 5) is 2.04. The highest BCUT2D eigenvalue weighted by Gasteiger charge is 2.39. The van der Waals surface area contributed by atoms with Gasteiger partial charge < -0.3 is 30.6 Å². The molecule has 4 atom stereocenters. The van der Waals surface area contributed by atoms with Crippen molar-refractivity contribution in [3.05, 3.63) is 41.3 Å². The van der Waals surface area contributed by atoms with Crippen molar-refractivity contribution in [2.75, 3.05) is 27.2 Å². The van der Waals surface area contributed by atoms with Crippen LogP contribution in [0.2, 0.25) is 0 Å². The van der Waals surface area contributed by atoms with Gasteiger partial charge in [-0.05, 0) is 52.0 Å². The Kier molecular flexibility index (Phi) is 8.29. The van der Waals surface area contributed by atoms with Crippen LogP contribution in [0.15, 0.2) is 18.3 Å². The number of hydrogen-bond donors (Lipinski definition) is 4. The van der Waals surface area contributed by atoms with E-state index in [1.165, 1.54) is 6.20 Å². The highest BCUT2D eigenvalue weighted by Crippen LogP contribution is 2.27. The van der Waals surface area contributed by atoms with Gasteiger partial charge in [0.15, 0.2) is 17.5 Å². The number of nitrogens with zero attached hydrogens (tertiary/aromatic N) is 2. The minimum atomic E-state index is -1.59. The van der Waals surface area contributed by atoms with Crippen molar-refractivity contribution in [2.24, 2.45) is 11.6 Å². The molecule has 0 amide bonds. The first-order chi connectivity index (χ1) is 13.6. The van der Waals surface area contributed by atoms with Crippen molar-refractivity contribution in [1.82, 2.24) is 9.91 Å². The molecule has 0 spiro atoms. The Morgan fingerprint density at radius 1 is 1.28 bits per heavy atom. The van der Waals surface area contributed by atoms with E-state index in [1.807, 2.05) is 19.0 Å². The lowest BCUT2D eigenvalue weighted by Crippen LogP contribution is -2.57. The molecule has 1 aliphatic heterocycles. The average Bonchev–Trinajstić information content (AvgIpc) is 2.66. The summed E-state index contributed by atoms with van der Waals surface area (Å²) < 4.78 is 45.8. The van der Waals surface area contributed by atoms with Gasteiger partial charge in [0.1, 0.15) is 12.2 Å². The molecule has 164 valence electrons. The van der Waals surface area contributed by atoms with Gasteiger partial charge in [0.05, 0.1) is 24.4 Å². The van der Waals surface area contributed by atoms with Crippen molar-refractivity contribution >= 4 is 5.70 Å². The molecule has 0 bridgehead atoms. The molecule has 1 aromatic carbocycles. The fourth-order valence-electron chi connectivity index (χ4n) is 3.36. The average molecular weight is 418 g/mol.